The molecule has 1 heterocycles. The van der Waals surface area contributed by atoms with Crippen LogP contribution in [0.15, 0.2) is 59.5 Å². The van der Waals surface area contributed by atoms with Crippen LogP contribution in [0.3, 0.4) is 0 Å². The minimum atomic E-state index is -4.07. The van der Waals surface area contributed by atoms with Crippen LogP contribution in [0.1, 0.15) is 15.9 Å². The predicted octanol–water partition coefficient (Wildman–Crippen LogP) is 5.42. The lowest BCUT2D eigenvalue weighted by atomic mass is 10.1. The Morgan fingerprint density at radius 1 is 0.970 bits per heavy atom. The van der Waals surface area contributed by atoms with Crippen molar-refractivity contribution in [1.29, 1.82) is 0 Å². The van der Waals surface area contributed by atoms with Crippen molar-refractivity contribution in [3.8, 4) is 0 Å². The predicted molar refractivity (Wildman–Crippen MR) is 132 cm³/mol. The lowest BCUT2D eigenvalue weighted by molar-refractivity contribution is 0.0955. The molecule has 0 spiro atoms. The van der Waals surface area contributed by atoms with E-state index < -0.39 is 15.9 Å². The summed E-state index contributed by atoms with van der Waals surface area (Å²) in [5.74, 6) is -0.469. The number of hydrogen-bond acceptors (Lipinski definition) is 6. The van der Waals surface area contributed by atoms with Gasteiger partial charge in [-0.05, 0) is 54.4 Å². The number of carbonyl (C=O) groups is 1. The smallest absolute Gasteiger partial charge is 0.264 e. The molecule has 0 unspecified atom stereocenters. The van der Waals surface area contributed by atoms with Crippen LogP contribution in [0.25, 0.3) is 11.0 Å². The summed E-state index contributed by atoms with van der Waals surface area (Å²) in [6.45, 7) is 0.277. The first kappa shape index (κ1) is 23.7. The number of halogens is 3. The molecule has 0 radical (unpaired) electrons. The first-order chi connectivity index (χ1) is 15.7. The zero-order valence-electron chi connectivity index (χ0n) is 16.7. The van der Waals surface area contributed by atoms with E-state index in [0.717, 1.165) is 17.3 Å². The first-order valence-corrected chi connectivity index (χ1v) is 12.8. The number of anilines is 1. The monoisotopic (exact) mass is 540 g/mol. The molecule has 4 rings (SSSR count). The van der Waals surface area contributed by atoms with Crippen molar-refractivity contribution in [2.75, 3.05) is 11.3 Å². The molecule has 0 atom stereocenters. The number of hydrogen-bond donors (Lipinski definition) is 2. The fourth-order valence-electron chi connectivity index (χ4n) is 3.13. The van der Waals surface area contributed by atoms with E-state index in [1.54, 1.807) is 30.3 Å². The summed E-state index contributed by atoms with van der Waals surface area (Å²) in [6, 6.07) is 14.1. The molecule has 3 aromatic carbocycles. The molecule has 0 saturated carbocycles. The summed E-state index contributed by atoms with van der Waals surface area (Å²) in [7, 11) is -4.07. The zero-order valence-corrected chi connectivity index (χ0v) is 20.6. The number of nitrogens with zero attached hydrogens (tertiary/aromatic N) is 2. The lowest BCUT2D eigenvalue weighted by Gasteiger charge is -2.14. The van der Waals surface area contributed by atoms with Gasteiger partial charge in [0, 0.05) is 21.6 Å². The Kier molecular flexibility index (Phi) is 7.06. The maximum atomic E-state index is 13.1. The van der Waals surface area contributed by atoms with Crippen LogP contribution < -0.4 is 10.0 Å². The minimum absolute atomic E-state index is 0.0440. The number of rotatable bonds is 7. The van der Waals surface area contributed by atoms with E-state index in [1.165, 1.54) is 24.3 Å². The van der Waals surface area contributed by atoms with Crippen molar-refractivity contribution in [2.24, 2.45) is 0 Å². The third kappa shape index (κ3) is 5.39. The van der Waals surface area contributed by atoms with Gasteiger partial charge in [0.1, 0.15) is 15.9 Å². The summed E-state index contributed by atoms with van der Waals surface area (Å²) in [6.07, 6.45) is 0.467. The first-order valence-electron chi connectivity index (χ1n) is 9.50. The molecule has 0 fully saturated rings. The Morgan fingerprint density at radius 2 is 1.73 bits per heavy atom. The van der Waals surface area contributed by atoms with E-state index in [9.17, 15) is 13.2 Å². The van der Waals surface area contributed by atoms with Crippen LogP contribution in [0.4, 0.5) is 5.69 Å². The van der Waals surface area contributed by atoms with E-state index in [0.29, 0.717) is 22.0 Å². The van der Waals surface area contributed by atoms with E-state index in [2.05, 4.69) is 18.8 Å². The van der Waals surface area contributed by atoms with Gasteiger partial charge in [0.25, 0.3) is 15.9 Å². The van der Waals surface area contributed by atoms with Crippen molar-refractivity contribution in [2.45, 2.75) is 11.3 Å². The molecule has 4 aromatic rings. The molecule has 12 heteroatoms. The quantitative estimate of drug-likeness (QED) is 0.325. The SMILES string of the molecule is O=C(NCCc1ccc(Cl)cc1Cl)c1ccc(Cl)cc1NS(=O)(=O)c1cccc2nsnc12. The molecule has 0 saturated heterocycles. The molecule has 0 bridgehead atoms. The Balaban J connectivity index is 1.54. The number of sulfonamides is 1. The van der Waals surface area contributed by atoms with Crippen LogP contribution in [-0.4, -0.2) is 29.6 Å². The second-order valence-corrected chi connectivity index (χ2v) is 10.4. The van der Waals surface area contributed by atoms with Crippen LogP contribution in [0, 0.1) is 0 Å². The van der Waals surface area contributed by atoms with E-state index in [1.807, 2.05) is 0 Å². The average molecular weight is 542 g/mol. The number of nitrogens with one attached hydrogen (secondary N) is 2. The van der Waals surface area contributed by atoms with Gasteiger partial charge in [-0.1, -0.05) is 46.9 Å². The van der Waals surface area contributed by atoms with Crippen molar-refractivity contribution in [1.82, 2.24) is 14.1 Å². The third-order valence-corrected chi connectivity index (χ3v) is 7.47. The molecule has 0 aliphatic rings. The van der Waals surface area contributed by atoms with E-state index in [-0.39, 0.29) is 33.2 Å². The molecule has 33 heavy (non-hydrogen) atoms. The average Bonchev–Trinajstić information content (AvgIpc) is 3.24. The molecule has 170 valence electrons. The highest BCUT2D eigenvalue weighted by Crippen LogP contribution is 2.27. The van der Waals surface area contributed by atoms with Gasteiger partial charge < -0.3 is 5.32 Å². The highest BCUT2D eigenvalue weighted by molar-refractivity contribution is 7.93. The summed E-state index contributed by atoms with van der Waals surface area (Å²) in [5, 5.41) is 4.07. The minimum Gasteiger partial charge on any atom is -0.352 e. The second kappa shape index (κ2) is 9.82. The maximum Gasteiger partial charge on any atom is 0.264 e. The molecule has 2 N–H and O–H groups in total. The van der Waals surface area contributed by atoms with Gasteiger partial charge in [-0.3, -0.25) is 9.52 Å². The van der Waals surface area contributed by atoms with E-state index in [4.69, 9.17) is 34.8 Å². The lowest BCUT2D eigenvalue weighted by Crippen LogP contribution is -2.27. The van der Waals surface area contributed by atoms with Crippen LogP contribution in [0.2, 0.25) is 15.1 Å². The Hall–Kier alpha value is -2.43. The third-order valence-electron chi connectivity index (χ3n) is 4.70. The summed E-state index contributed by atoms with van der Waals surface area (Å²) in [5.41, 5.74) is 1.71. The molecular formula is C21H15Cl3N4O3S2. The van der Waals surface area contributed by atoms with Crippen molar-refractivity contribution in [3.05, 3.63) is 80.8 Å². The van der Waals surface area contributed by atoms with Crippen molar-refractivity contribution >= 4 is 79.2 Å². The maximum absolute atomic E-state index is 13.1. The number of benzene rings is 3. The van der Waals surface area contributed by atoms with Crippen molar-refractivity contribution < 1.29 is 13.2 Å². The van der Waals surface area contributed by atoms with Crippen LogP contribution in [-0.2, 0) is 16.4 Å². The topological polar surface area (TPSA) is 101 Å². The van der Waals surface area contributed by atoms with Gasteiger partial charge in [0.05, 0.1) is 23.0 Å². The Bertz CT molecular complexity index is 1460. The van der Waals surface area contributed by atoms with Gasteiger partial charge in [-0.25, -0.2) is 8.42 Å². The number of amides is 1. The summed E-state index contributed by atoms with van der Waals surface area (Å²) in [4.78, 5) is 12.8. The van der Waals surface area contributed by atoms with Gasteiger partial charge in [-0.15, -0.1) is 0 Å². The second-order valence-electron chi connectivity index (χ2n) is 6.93. The largest absolute Gasteiger partial charge is 0.352 e. The molecule has 0 aliphatic heterocycles. The zero-order chi connectivity index (χ0) is 23.6. The van der Waals surface area contributed by atoms with Gasteiger partial charge in [0.15, 0.2) is 0 Å². The standard InChI is InChI=1S/C21H15Cl3N4O3S2/c22-13-5-4-12(16(24)10-13)8-9-25-21(29)15-7-6-14(23)11-18(15)28-33(30,31)19-3-1-2-17-20(19)27-32-26-17/h1-7,10-11,28H,8-9H2,(H,25,29). The van der Waals surface area contributed by atoms with Gasteiger partial charge in [-0.2, -0.15) is 8.75 Å². The summed E-state index contributed by atoms with van der Waals surface area (Å²) < 4.78 is 36.8. The summed E-state index contributed by atoms with van der Waals surface area (Å²) >= 11 is 19.1. The highest BCUT2D eigenvalue weighted by atomic mass is 35.5. The van der Waals surface area contributed by atoms with Gasteiger partial charge >= 0.3 is 0 Å². The molecule has 7 nitrogen and oxygen atoms in total. The molecule has 1 aromatic heterocycles. The molecule has 1 amide bonds. The normalized spacial score (nSPS) is 11.5. The van der Waals surface area contributed by atoms with Crippen LogP contribution in [0.5, 0.6) is 0 Å². The number of carbonyl (C=O) groups excluding carboxylic acids is 1. The fraction of sp³-hybridized carbons (Fsp3) is 0.0952. The van der Waals surface area contributed by atoms with Crippen molar-refractivity contribution in [3.63, 3.8) is 0 Å². The molecule has 0 aliphatic carbocycles. The van der Waals surface area contributed by atoms with Crippen LogP contribution >= 0.6 is 46.5 Å². The molecular weight excluding hydrogens is 527 g/mol. The number of fused-ring (bicyclic) bond motifs is 1. The Labute approximate surface area is 209 Å². The highest BCUT2D eigenvalue weighted by Gasteiger charge is 2.22. The fourth-order valence-corrected chi connectivity index (χ4v) is 5.64. The Morgan fingerprint density at radius 3 is 2.52 bits per heavy atom. The number of aromatic nitrogens is 2. The van der Waals surface area contributed by atoms with Gasteiger partial charge in [0.2, 0.25) is 0 Å². The van der Waals surface area contributed by atoms with E-state index >= 15 is 0 Å².